The maximum absolute atomic E-state index is 13.7. The second-order valence-electron chi connectivity index (χ2n) is 4.23. The van der Waals surface area contributed by atoms with Gasteiger partial charge in [-0.25, -0.2) is 27.5 Å². The third-order valence-corrected chi connectivity index (χ3v) is 3.16. The zero-order valence-corrected chi connectivity index (χ0v) is 10.9. The lowest BCUT2D eigenvalue weighted by Crippen LogP contribution is -1.97. The van der Waals surface area contributed by atoms with Crippen LogP contribution in [-0.2, 0) is 0 Å². The smallest absolute Gasteiger partial charge is 0.194 e. The van der Waals surface area contributed by atoms with E-state index in [0.717, 1.165) is 12.1 Å². The molecule has 106 valence electrons. The van der Waals surface area contributed by atoms with Gasteiger partial charge >= 0.3 is 0 Å². The van der Waals surface area contributed by atoms with Crippen LogP contribution >= 0.6 is 11.6 Å². The van der Waals surface area contributed by atoms with E-state index >= 15 is 0 Å². The summed E-state index contributed by atoms with van der Waals surface area (Å²) in [5.74, 6) is -5.23. The first-order chi connectivity index (χ1) is 9.97. The molecule has 1 aromatic heterocycles. The van der Waals surface area contributed by atoms with Gasteiger partial charge in [-0.1, -0.05) is 17.7 Å². The molecule has 0 radical (unpaired) electrons. The second kappa shape index (κ2) is 4.96. The standard InChI is InChI=1S/C14H5ClF4N2/c15-13-7-2-1-3-8(16)12(7)20-14(21-13)6-4-9(17)11(19)10(18)5-6/h1-5H. The Morgan fingerprint density at radius 3 is 2.19 bits per heavy atom. The summed E-state index contributed by atoms with van der Waals surface area (Å²) in [7, 11) is 0. The zero-order chi connectivity index (χ0) is 15.1. The first-order valence-electron chi connectivity index (χ1n) is 5.74. The molecule has 2 aromatic carbocycles. The fraction of sp³-hybridized carbons (Fsp3) is 0. The van der Waals surface area contributed by atoms with Crippen LogP contribution in [0.4, 0.5) is 17.6 Å². The molecule has 0 amide bonds. The molecule has 7 heteroatoms. The Morgan fingerprint density at radius 1 is 0.857 bits per heavy atom. The summed E-state index contributed by atoms with van der Waals surface area (Å²) in [5, 5.41) is 0.197. The SMILES string of the molecule is Fc1cc(-c2nc(Cl)c3cccc(F)c3n2)cc(F)c1F. The van der Waals surface area contributed by atoms with Gasteiger partial charge in [0.05, 0.1) is 0 Å². The highest BCUT2D eigenvalue weighted by atomic mass is 35.5. The maximum atomic E-state index is 13.7. The minimum absolute atomic E-state index is 0.0698. The molecule has 0 fully saturated rings. The monoisotopic (exact) mass is 312 g/mol. The predicted octanol–water partition coefficient (Wildman–Crippen LogP) is 4.51. The van der Waals surface area contributed by atoms with Crippen molar-refractivity contribution in [2.75, 3.05) is 0 Å². The van der Waals surface area contributed by atoms with Crippen LogP contribution in [0.1, 0.15) is 0 Å². The van der Waals surface area contributed by atoms with Crippen molar-refractivity contribution in [2.24, 2.45) is 0 Å². The highest BCUT2D eigenvalue weighted by molar-refractivity contribution is 6.34. The van der Waals surface area contributed by atoms with Crippen LogP contribution < -0.4 is 0 Å². The number of fused-ring (bicyclic) bond motifs is 1. The molecule has 0 spiro atoms. The molecule has 3 aromatic rings. The number of aromatic nitrogens is 2. The highest BCUT2D eigenvalue weighted by Crippen LogP contribution is 2.27. The summed E-state index contributed by atoms with van der Waals surface area (Å²) in [6, 6.07) is 5.55. The molecule has 0 aliphatic heterocycles. The van der Waals surface area contributed by atoms with Gasteiger partial charge in [0.1, 0.15) is 16.5 Å². The van der Waals surface area contributed by atoms with E-state index in [0.29, 0.717) is 0 Å². The summed E-state index contributed by atoms with van der Waals surface area (Å²) in [6.07, 6.45) is 0. The Labute approximate surface area is 121 Å². The van der Waals surface area contributed by atoms with E-state index in [4.69, 9.17) is 11.6 Å². The third-order valence-electron chi connectivity index (χ3n) is 2.87. The summed E-state index contributed by atoms with van der Waals surface area (Å²) in [4.78, 5) is 7.75. The number of halogens is 5. The minimum atomic E-state index is -1.60. The molecule has 0 atom stereocenters. The molecule has 2 nitrogen and oxygen atoms in total. The Balaban J connectivity index is 2.29. The topological polar surface area (TPSA) is 25.8 Å². The van der Waals surface area contributed by atoms with Crippen LogP contribution in [0.2, 0.25) is 5.15 Å². The molecular formula is C14H5ClF4N2. The van der Waals surface area contributed by atoms with Crippen LogP contribution in [-0.4, -0.2) is 9.97 Å². The molecule has 0 bridgehead atoms. The molecule has 21 heavy (non-hydrogen) atoms. The van der Waals surface area contributed by atoms with Crippen LogP contribution in [0, 0.1) is 23.3 Å². The summed E-state index contributed by atoms with van der Waals surface area (Å²) in [5.41, 5.74) is -0.226. The van der Waals surface area contributed by atoms with Crippen molar-refractivity contribution < 1.29 is 17.6 Å². The average Bonchev–Trinajstić information content (AvgIpc) is 2.45. The molecule has 0 saturated carbocycles. The fourth-order valence-corrected chi connectivity index (χ4v) is 2.13. The largest absolute Gasteiger partial charge is 0.225 e. The van der Waals surface area contributed by atoms with Gasteiger partial charge in [0.25, 0.3) is 0 Å². The van der Waals surface area contributed by atoms with Gasteiger partial charge in [-0.2, -0.15) is 0 Å². The summed E-state index contributed by atoms with van der Waals surface area (Å²) < 4.78 is 53.2. The lowest BCUT2D eigenvalue weighted by Gasteiger charge is -2.06. The van der Waals surface area contributed by atoms with Gasteiger partial charge in [-0.05, 0) is 24.3 Å². The van der Waals surface area contributed by atoms with Crippen molar-refractivity contribution in [3.63, 3.8) is 0 Å². The second-order valence-corrected chi connectivity index (χ2v) is 4.59. The zero-order valence-electron chi connectivity index (χ0n) is 10.2. The number of nitrogens with zero attached hydrogens (tertiary/aromatic N) is 2. The van der Waals surface area contributed by atoms with E-state index < -0.39 is 23.3 Å². The molecule has 0 aliphatic rings. The molecular weight excluding hydrogens is 308 g/mol. The van der Waals surface area contributed by atoms with Crippen LogP contribution in [0.5, 0.6) is 0 Å². The summed E-state index contributed by atoms with van der Waals surface area (Å²) in [6.45, 7) is 0. The predicted molar refractivity (Wildman–Crippen MR) is 69.8 cm³/mol. The van der Waals surface area contributed by atoms with Gasteiger partial charge in [0.15, 0.2) is 23.3 Å². The minimum Gasteiger partial charge on any atom is -0.225 e. The van der Waals surface area contributed by atoms with Crippen molar-refractivity contribution >= 4 is 22.5 Å². The Morgan fingerprint density at radius 2 is 1.52 bits per heavy atom. The Kier molecular flexibility index (Phi) is 3.25. The Bertz CT molecular complexity index is 844. The fourth-order valence-electron chi connectivity index (χ4n) is 1.89. The van der Waals surface area contributed by atoms with E-state index in [2.05, 4.69) is 9.97 Å². The normalized spacial score (nSPS) is 11.1. The van der Waals surface area contributed by atoms with E-state index in [-0.39, 0.29) is 27.4 Å². The number of para-hydroxylation sites is 1. The van der Waals surface area contributed by atoms with Crippen LogP contribution in [0.3, 0.4) is 0 Å². The van der Waals surface area contributed by atoms with E-state index in [1.165, 1.54) is 18.2 Å². The first kappa shape index (κ1) is 13.8. The van der Waals surface area contributed by atoms with Gasteiger partial charge in [-0.3, -0.25) is 0 Å². The number of benzene rings is 2. The molecule has 0 saturated heterocycles. The molecule has 0 unspecified atom stereocenters. The highest BCUT2D eigenvalue weighted by Gasteiger charge is 2.15. The van der Waals surface area contributed by atoms with Crippen LogP contribution in [0.25, 0.3) is 22.3 Å². The van der Waals surface area contributed by atoms with Gasteiger partial charge in [0, 0.05) is 10.9 Å². The van der Waals surface area contributed by atoms with E-state index in [9.17, 15) is 17.6 Å². The van der Waals surface area contributed by atoms with E-state index in [1.807, 2.05) is 0 Å². The van der Waals surface area contributed by atoms with Crippen molar-refractivity contribution in [2.45, 2.75) is 0 Å². The third kappa shape index (κ3) is 2.31. The summed E-state index contributed by atoms with van der Waals surface area (Å²) >= 11 is 5.92. The van der Waals surface area contributed by atoms with Crippen molar-refractivity contribution in [3.05, 3.63) is 58.8 Å². The number of rotatable bonds is 1. The van der Waals surface area contributed by atoms with Crippen molar-refractivity contribution in [1.82, 2.24) is 9.97 Å². The van der Waals surface area contributed by atoms with Gasteiger partial charge in [-0.15, -0.1) is 0 Å². The maximum Gasteiger partial charge on any atom is 0.194 e. The quantitative estimate of drug-likeness (QED) is 0.375. The molecule has 0 aliphatic carbocycles. The van der Waals surface area contributed by atoms with Crippen molar-refractivity contribution in [3.8, 4) is 11.4 Å². The average molecular weight is 313 g/mol. The number of hydrogen-bond acceptors (Lipinski definition) is 2. The van der Waals surface area contributed by atoms with E-state index in [1.54, 1.807) is 0 Å². The molecule has 0 N–H and O–H groups in total. The van der Waals surface area contributed by atoms with Gasteiger partial charge in [0.2, 0.25) is 0 Å². The Hall–Kier alpha value is -2.21. The molecule has 3 rings (SSSR count). The van der Waals surface area contributed by atoms with Crippen LogP contribution in [0.15, 0.2) is 30.3 Å². The first-order valence-corrected chi connectivity index (χ1v) is 6.12. The lowest BCUT2D eigenvalue weighted by atomic mass is 10.1. The van der Waals surface area contributed by atoms with Crippen molar-refractivity contribution in [1.29, 1.82) is 0 Å². The molecule has 1 heterocycles. The number of hydrogen-bond donors (Lipinski definition) is 0. The lowest BCUT2D eigenvalue weighted by molar-refractivity contribution is 0.447. The van der Waals surface area contributed by atoms with Gasteiger partial charge < -0.3 is 0 Å².